The third-order valence-electron chi connectivity index (χ3n) is 4.09. The van der Waals surface area contributed by atoms with E-state index in [1.165, 1.54) is 4.57 Å². The second kappa shape index (κ2) is 9.63. The van der Waals surface area contributed by atoms with Crippen LogP contribution in [0.1, 0.15) is 44.0 Å². The van der Waals surface area contributed by atoms with Crippen LogP contribution in [0.15, 0.2) is 9.32 Å². The molecule has 1 radical (unpaired) electrons. The molecule has 131 valence electrons. The average Bonchev–Trinajstić information content (AvgIpc) is 2.76. The molecule has 0 bridgehead atoms. The summed E-state index contributed by atoms with van der Waals surface area (Å²) >= 11 is 0. The van der Waals surface area contributed by atoms with Crippen molar-refractivity contribution in [1.82, 2.24) is 9.72 Å². The van der Waals surface area contributed by atoms with E-state index in [4.69, 9.17) is 5.73 Å². The molecule has 0 aliphatic carbocycles. The van der Waals surface area contributed by atoms with Crippen molar-refractivity contribution >= 4 is 5.97 Å². The van der Waals surface area contributed by atoms with Crippen molar-refractivity contribution in [3.63, 3.8) is 0 Å². The van der Waals surface area contributed by atoms with Gasteiger partial charge >= 0.3 is 5.76 Å². The van der Waals surface area contributed by atoms with Gasteiger partial charge in [-0.05, 0) is 18.9 Å². The fraction of sp³-hybridized carbons (Fsp3) is 0.769. The fourth-order valence-corrected chi connectivity index (χ4v) is 2.92. The third-order valence-corrected chi connectivity index (χ3v) is 4.09. The molecule has 2 rings (SSSR count). The molecule has 1 N–H and O–H groups in total. The van der Waals surface area contributed by atoms with Gasteiger partial charge in [0, 0.05) is 74.3 Å². The van der Waals surface area contributed by atoms with E-state index in [1.807, 2.05) is 0 Å². The van der Waals surface area contributed by atoms with Gasteiger partial charge in [-0.2, -0.15) is 0 Å². The van der Waals surface area contributed by atoms with Crippen LogP contribution in [-0.2, 0) is 16.0 Å². The van der Waals surface area contributed by atoms with Crippen LogP contribution in [0.5, 0.6) is 0 Å². The van der Waals surface area contributed by atoms with E-state index in [9.17, 15) is 19.7 Å². The van der Waals surface area contributed by atoms with Gasteiger partial charge in [-0.3, -0.25) is 24.0 Å². The Morgan fingerprint density at radius 1 is 1.58 bits per heavy atom. The molecule has 1 aliphatic rings. The zero-order valence-corrected chi connectivity index (χ0v) is 18.1. The van der Waals surface area contributed by atoms with Crippen molar-refractivity contribution in [2.45, 2.75) is 56.7 Å². The van der Waals surface area contributed by atoms with Crippen LogP contribution in [0.3, 0.4) is 0 Å². The molecule has 2 heterocycles. The number of carbonyl (C=O) groups is 1. The van der Waals surface area contributed by atoms with E-state index >= 15 is 0 Å². The number of ether oxygens (including phenoxy) is 1. The van der Waals surface area contributed by atoms with E-state index in [0.29, 0.717) is 18.7 Å². The Labute approximate surface area is 173 Å². The van der Waals surface area contributed by atoms with Gasteiger partial charge in [0.2, 0.25) is 6.04 Å². The first-order chi connectivity index (χ1) is 10.9. The van der Waals surface area contributed by atoms with E-state index < -0.39 is 34.8 Å². The van der Waals surface area contributed by atoms with Gasteiger partial charge in [-0.1, -0.05) is 11.6 Å². The maximum absolute atomic E-state index is 11.8. The van der Waals surface area contributed by atoms with E-state index in [2.05, 4.69) is 14.4 Å². The summed E-state index contributed by atoms with van der Waals surface area (Å²) in [6.45, 7) is 0. The summed E-state index contributed by atoms with van der Waals surface area (Å²) in [5.41, 5.74) is 7.64. The number of aromatic nitrogens is 2. The van der Waals surface area contributed by atoms with E-state index in [0.717, 1.165) is 20.0 Å². The molecule has 0 aromatic carbocycles. The van der Waals surface area contributed by atoms with Crippen molar-refractivity contribution in [2.75, 3.05) is 7.11 Å². The Bertz CT molecular complexity index is 630. The molecule has 0 saturated carbocycles. The number of nitro groups is 1. The van der Waals surface area contributed by atoms with Crippen LogP contribution in [-0.4, -0.2) is 39.8 Å². The van der Waals surface area contributed by atoms with Crippen LogP contribution in [0.4, 0.5) is 0 Å². The predicted molar refractivity (Wildman–Crippen MR) is 77.5 cm³/mol. The van der Waals surface area contributed by atoms with Crippen LogP contribution in [0, 0.1) is 54.2 Å². The second-order valence-electron chi connectivity index (χ2n) is 5.62. The van der Waals surface area contributed by atoms with Crippen molar-refractivity contribution < 1.29 is 63.0 Å². The smallest absolute Gasteiger partial charge is 0.441 e. The number of rotatable bonds is 6. The zero-order chi connectivity index (χ0) is 17.0. The Morgan fingerprint density at radius 3 is 2.92 bits per heavy atom. The Morgan fingerprint density at radius 2 is 2.29 bits per heavy atom. The van der Waals surface area contributed by atoms with Gasteiger partial charge in [0.25, 0.3) is 5.97 Å². The summed E-state index contributed by atoms with van der Waals surface area (Å²) < 4.78 is 10.5. The Balaban J connectivity index is 0.00000288. The number of hydrogen-bond donors (Lipinski definition) is 0. The largest absolute Gasteiger partial charge is 0.665 e. The number of esters is 1. The third kappa shape index (κ3) is 5.10. The molecule has 0 fully saturated rings. The summed E-state index contributed by atoms with van der Waals surface area (Å²) in [4.78, 5) is 33.9. The minimum absolute atomic E-state index is 0. The molecule has 24 heavy (non-hydrogen) atoms. The molecular formula is C13H19AcN4O6-. The van der Waals surface area contributed by atoms with Crippen molar-refractivity contribution in [3.8, 4) is 0 Å². The number of hydrogen-bond acceptors (Lipinski definition) is 7. The number of fused-ring (bicyclic) bond motifs is 1. The van der Waals surface area contributed by atoms with E-state index in [-0.39, 0.29) is 56.9 Å². The van der Waals surface area contributed by atoms with Crippen LogP contribution in [0.25, 0.3) is 5.73 Å². The number of nitrogens with one attached hydrogen (secondary N) is 1. The number of carbonyl (C=O) groups excluding carboxylic acids is 1. The summed E-state index contributed by atoms with van der Waals surface area (Å²) in [5, 5.41) is 15.0. The first-order valence-electron chi connectivity index (χ1n) is 7.43. The first kappa shape index (κ1) is 21.3. The van der Waals surface area contributed by atoms with Crippen LogP contribution >= 0.6 is 0 Å². The van der Waals surface area contributed by atoms with Gasteiger partial charge in [-0.15, -0.1) is 0 Å². The molecular weight excluding hydrogens is 535 g/mol. The molecule has 0 amide bonds. The normalized spacial score (nSPS) is 19.3. The monoisotopic (exact) mass is 554 g/mol. The summed E-state index contributed by atoms with van der Waals surface area (Å²) in [5.74, 6) is -0.931. The Kier molecular flexibility index (Phi) is 8.53. The van der Waals surface area contributed by atoms with Gasteiger partial charge < -0.3 is 10.5 Å². The predicted octanol–water partition coefficient (Wildman–Crippen LogP) is 1.12. The molecule has 11 heteroatoms. The van der Waals surface area contributed by atoms with Crippen molar-refractivity contribution in [2.24, 2.45) is 0 Å². The summed E-state index contributed by atoms with van der Waals surface area (Å²) in [6, 6.07) is -2.85. The standard InChI is InChI=1S/C13H19N4O6.Ac/c1-22-12(18)10(14)7-9(17(20)21)6-8-4-2-3-5-11-15-23-13(19)16(8)11;/h8-10,14H,2-7H2,1H3;/q-1;. The number of methoxy groups -OCH3 is 1. The number of nitrogens with zero attached hydrogens (tertiary/aromatic N) is 3. The minimum Gasteiger partial charge on any atom is -0.665 e. The topological polar surface area (TPSA) is 141 Å². The molecule has 0 spiro atoms. The Hall–Kier alpha value is -0.788. The maximum atomic E-state index is 11.8. The fourth-order valence-electron chi connectivity index (χ4n) is 2.92. The molecule has 3 atom stereocenters. The quantitative estimate of drug-likeness (QED) is 0.292. The van der Waals surface area contributed by atoms with Crippen LogP contribution in [0.2, 0.25) is 0 Å². The first-order valence-corrected chi connectivity index (χ1v) is 7.43. The van der Waals surface area contributed by atoms with Crippen molar-refractivity contribution in [1.29, 1.82) is 0 Å². The van der Waals surface area contributed by atoms with Gasteiger partial charge in [0.1, 0.15) is 0 Å². The SMILES string of the molecule is COC(=O)C([NH-])CC(CC1CCCCc2noc(=O)n21)[N+](=O)[O-].[Ac]. The number of aryl methyl sites for hydroxylation is 1. The summed E-state index contributed by atoms with van der Waals surface area (Å²) in [6.07, 6.45) is 2.63. The van der Waals surface area contributed by atoms with Gasteiger partial charge in [-0.25, -0.2) is 4.79 Å². The average molecular weight is 554 g/mol. The minimum atomic E-state index is -1.32. The van der Waals surface area contributed by atoms with Crippen molar-refractivity contribution in [3.05, 3.63) is 32.2 Å². The molecule has 1 aromatic heterocycles. The second-order valence-corrected chi connectivity index (χ2v) is 5.62. The van der Waals surface area contributed by atoms with Crippen LogP contribution < -0.4 is 5.76 Å². The molecule has 1 aromatic rings. The maximum Gasteiger partial charge on any atom is 0.441 e. The molecule has 3 unspecified atom stereocenters. The van der Waals surface area contributed by atoms with Gasteiger partial charge in [0.05, 0.1) is 7.11 Å². The zero-order valence-electron chi connectivity index (χ0n) is 13.3. The molecule has 0 saturated heterocycles. The van der Waals surface area contributed by atoms with E-state index in [1.54, 1.807) is 0 Å². The molecule has 1 aliphatic heterocycles. The molecule has 10 nitrogen and oxygen atoms in total. The van der Waals surface area contributed by atoms with Gasteiger partial charge in [0.15, 0.2) is 5.82 Å². The summed E-state index contributed by atoms with van der Waals surface area (Å²) in [7, 11) is 1.14.